The van der Waals surface area contributed by atoms with Crippen LogP contribution in [0.4, 0.5) is 4.39 Å². The van der Waals surface area contributed by atoms with Crippen LogP contribution in [0.25, 0.3) is 16.6 Å². The number of halogens is 1. The average molecular weight is 539 g/mol. The summed E-state index contributed by atoms with van der Waals surface area (Å²) in [4.78, 5) is 9.31. The van der Waals surface area contributed by atoms with E-state index in [0.717, 1.165) is 54.7 Å². The highest BCUT2D eigenvalue weighted by Crippen LogP contribution is 2.37. The van der Waals surface area contributed by atoms with Crippen LogP contribution in [-0.2, 0) is 6.54 Å². The maximum Gasteiger partial charge on any atom is 0.155 e. The van der Waals surface area contributed by atoms with Gasteiger partial charge >= 0.3 is 0 Å². The molecule has 0 spiro atoms. The Hall–Kier alpha value is -4.07. The quantitative estimate of drug-likeness (QED) is 0.283. The van der Waals surface area contributed by atoms with E-state index in [2.05, 4.69) is 38.1 Å². The minimum absolute atomic E-state index is 0.252. The monoisotopic (exact) mass is 538 g/mol. The molecule has 1 fully saturated rings. The summed E-state index contributed by atoms with van der Waals surface area (Å²) in [6.07, 6.45) is 13.0. The summed E-state index contributed by atoms with van der Waals surface area (Å²) in [7, 11) is 0. The third-order valence-corrected chi connectivity index (χ3v) is 8.35. The van der Waals surface area contributed by atoms with Gasteiger partial charge in [-0.3, -0.25) is 9.67 Å². The summed E-state index contributed by atoms with van der Waals surface area (Å²) < 4.78 is 18.3. The van der Waals surface area contributed by atoms with Gasteiger partial charge in [0.25, 0.3) is 0 Å². The molecule has 1 saturated carbocycles. The van der Waals surface area contributed by atoms with E-state index in [1.54, 1.807) is 16.8 Å². The van der Waals surface area contributed by atoms with Crippen LogP contribution in [0.2, 0.25) is 0 Å². The van der Waals surface area contributed by atoms with Gasteiger partial charge in [-0.25, -0.2) is 13.9 Å². The normalized spacial score (nSPS) is 17.4. The van der Waals surface area contributed by atoms with Gasteiger partial charge in [-0.15, -0.1) is 0 Å². The van der Waals surface area contributed by atoms with E-state index in [4.69, 9.17) is 5.10 Å². The Bertz CT molecular complexity index is 1650. The van der Waals surface area contributed by atoms with E-state index in [9.17, 15) is 9.65 Å². The predicted octanol–water partition coefficient (Wildman–Crippen LogP) is 5.73. The predicted molar refractivity (Wildman–Crippen MR) is 147 cm³/mol. The van der Waals surface area contributed by atoms with Crippen molar-refractivity contribution in [2.45, 2.75) is 61.2 Å². The molecule has 0 aliphatic heterocycles. The SMILES string of the molecule is Cc1c(-c2cc(Sc3ncccc3F)c3c(C#N)cnn3c2)cnn1C1CCC(NCc2ccccn2)CC1. The van der Waals surface area contributed by atoms with Crippen LogP contribution in [0.1, 0.15) is 48.7 Å². The molecular weight excluding hydrogens is 511 g/mol. The third kappa shape index (κ3) is 5.15. The maximum absolute atomic E-state index is 14.5. The molecule has 1 aliphatic rings. The highest BCUT2D eigenvalue weighted by atomic mass is 32.2. The number of pyridine rings is 3. The van der Waals surface area contributed by atoms with E-state index in [0.29, 0.717) is 28.1 Å². The molecule has 5 aromatic heterocycles. The van der Waals surface area contributed by atoms with Gasteiger partial charge in [-0.05, 0) is 62.9 Å². The first-order chi connectivity index (χ1) is 19.1. The zero-order valence-corrected chi connectivity index (χ0v) is 22.3. The summed E-state index contributed by atoms with van der Waals surface area (Å²) in [5.74, 6) is -0.404. The van der Waals surface area contributed by atoms with Gasteiger partial charge in [0, 0.05) is 52.9 Å². The van der Waals surface area contributed by atoms with Crippen molar-refractivity contribution in [3.8, 4) is 17.2 Å². The molecule has 196 valence electrons. The van der Waals surface area contributed by atoms with E-state index in [-0.39, 0.29) is 5.03 Å². The number of aromatic nitrogens is 6. The van der Waals surface area contributed by atoms with Crippen molar-refractivity contribution >= 4 is 17.3 Å². The fourth-order valence-electron chi connectivity index (χ4n) is 5.29. The third-order valence-electron chi connectivity index (χ3n) is 7.32. The van der Waals surface area contributed by atoms with Gasteiger partial charge in [0.15, 0.2) is 5.82 Å². The average Bonchev–Trinajstić information content (AvgIpc) is 3.57. The molecule has 1 N–H and O–H groups in total. The Labute approximate surface area is 229 Å². The van der Waals surface area contributed by atoms with Crippen LogP contribution in [0.5, 0.6) is 0 Å². The summed E-state index contributed by atoms with van der Waals surface area (Å²) in [5, 5.41) is 22.7. The molecular formula is C29H27FN8S. The van der Waals surface area contributed by atoms with Gasteiger partial charge in [-0.2, -0.15) is 15.5 Å². The molecule has 0 atom stereocenters. The molecule has 5 heterocycles. The van der Waals surface area contributed by atoms with E-state index >= 15 is 0 Å². The number of hydrogen-bond acceptors (Lipinski definition) is 7. The van der Waals surface area contributed by atoms with Crippen molar-refractivity contribution < 1.29 is 4.39 Å². The lowest BCUT2D eigenvalue weighted by molar-refractivity contribution is 0.272. The molecule has 10 heteroatoms. The number of nitrogens with zero attached hydrogens (tertiary/aromatic N) is 7. The van der Waals surface area contributed by atoms with Gasteiger partial charge in [0.05, 0.1) is 35.2 Å². The van der Waals surface area contributed by atoms with Crippen molar-refractivity contribution in [1.82, 2.24) is 34.7 Å². The first kappa shape index (κ1) is 25.2. The van der Waals surface area contributed by atoms with Crippen LogP contribution in [0.3, 0.4) is 0 Å². The molecule has 1 aliphatic carbocycles. The Morgan fingerprint density at radius 1 is 1.08 bits per heavy atom. The van der Waals surface area contributed by atoms with Crippen LogP contribution >= 0.6 is 11.8 Å². The number of fused-ring (bicyclic) bond motifs is 1. The summed E-state index contributed by atoms with van der Waals surface area (Å²) in [6.45, 7) is 2.88. The second kappa shape index (κ2) is 11.0. The number of nitriles is 1. The fourth-order valence-corrected chi connectivity index (χ4v) is 6.27. The largest absolute Gasteiger partial charge is 0.308 e. The Morgan fingerprint density at radius 3 is 2.69 bits per heavy atom. The van der Waals surface area contributed by atoms with Crippen molar-refractivity contribution in [2.75, 3.05) is 0 Å². The molecule has 39 heavy (non-hydrogen) atoms. The molecule has 0 unspecified atom stereocenters. The maximum atomic E-state index is 14.5. The summed E-state index contributed by atoms with van der Waals surface area (Å²) in [6, 6.07) is 13.9. The van der Waals surface area contributed by atoms with Gasteiger partial charge in [-0.1, -0.05) is 17.8 Å². The van der Waals surface area contributed by atoms with Crippen LogP contribution in [0, 0.1) is 24.1 Å². The molecule has 0 saturated heterocycles. The molecule has 0 amide bonds. The molecule has 6 rings (SSSR count). The van der Waals surface area contributed by atoms with Crippen molar-refractivity contribution in [2.24, 2.45) is 0 Å². The van der Waals surface area contributed by atoms with Crippen LogP contribution in [-0.4, -0.2) is 35.4 Å². The zero-order valence-electron chi connectivity index (χ0n) is 21.5. The first-order valence-corrected chi connectivity index (χ1v) is 13.8. The summed E-state index contributed by atoms with van der Waals surface area (Å²) in [5.41, 5.74) is 5.10. The van der Waals surface area contributed by atoms with Crippen molar-refractivity contribution in [3.63, 3.8) is 0 Å². The lowest BCUT2D eigenvalue weighted by atomic mass is 9.91. The second-order valence-electron chi connectivity index (χ2n) is 9.74. The van der Waals surface area contributed by atoms with Gasteiger partial charge in [0.2, 0.25) is 0 Å². The fraction of sp³-hybridized carbons (Fsp3) is 0.276. The highest BCUT2D eigenvalue weighted by molar-refractivity contribution is 7.99. The second-order valence-corrected chi connectivity index (χ2v) is 10.8. The smallest absolute Gasteiger partial charge is 0.155 e. The standard InChI is InChI=1S/C29H27FN8S/c1-19-25(17-36-38(19)24-9-7-22(8-10-24)34-16-23-5-2-3-11-32-23)20-13-27(39-29-26(30)6-4-12-33-29)28-21(14-31)15-35-37(28)18-20/h2-6,11-13,15,17-18,22,24,34H,7-10,16H2,1H3. The number of nitrogens with one attached hydrogen (secondary N) is 1. The Kier molecular flexibility index (Phi) is 7.09. The van der Waals surface area contributed by atoms with E-state index < -0.39 is 5.82 Å². The minimum Gasteiger partial charge on any atom is -0.308 e. The molecule has 5 aromatic rings. The lowest BCUT2D eigenvalue weighted by Crippen LogP contribution is -2.34. The van der Waals surface area contributed by atoms with E-state index in [1.807, 2.05) is 42.9 Å². The highest BCUT2D eigenvalue weighted by Gasteiger charge is 2.25. The van der Waals surface area contributed by atoms with Crippen LogP contribution < -0.4 is 5.32 Å². The molecule has 0 bridgehead atoms. The Balaban J connectivity index is 1.23. The lowest BCUT2D eigenvalue weighted by Gasteiger charge is -2.30. The minimum atomic E-state index is -0.404. The van der Waals surface area contributed by atoms with Crippen molar-refractivity contribution in [3.05, 3.63) is 90.2 Å². The number of rotatable bonds is 7. The van der Waals surface area contributed by atoms with E-state index in [1.165, 1.54) is 24.0 Å². The topological polar surface area (TPSA) is 96.7 Å². The molecule has 0 radical (unpaired) electrons. The van der Waals surface area contributed by atoms with Crippen molar-refractivity contribution in [1.29, 1.82) is 5.26 Å². The Morgan fingerprint density at radius 2 is 1.92 bits per heavy atom. The van der Waals surface area contributed by atoms with Gasteiger partial charge < -0.3 is 5.32 Å². The molecule has 8 nitrogen and oxygen atoms in total. The van der Waals surface area contributed by atoms with Crippen LogP contribution in [0.15, 0.2) is 77.3 Å². The number of hydrogen-bond donors (Lipinski definition) is 1. The van der Waals surface area contributed by atoms with Gasteiger partial charge in [0.1, 0.15) is 11.1 Å². The summed E-state index contributed by atoms with van der Waals surface area (Å²) >= 11 is 1.19. The first-order valence-electron chi connectivity index (χ1n) is 13.0. The molecule has 0 aromatic carbocycles. The zero-order chi connectivity index (χ0) is 26.8.